The molecule has 0 spiro atoms. The van der Waals surface area contributed by atoms with Gasteiger partial charge < -0.3 is 5.11 Å². The fourth-order valence-electron chi connectivity index (χ4n) is 2.48. The number of aryl methyl sites for hydroxylation is 1. The van der Waals surface area contributed by atoms with Crippen LogP contribution in [0.1, 0.15) is 21.6 Å². The maximum absolute atomic E-state index is 12.5. The molecular formula is C18H12BrCl2N3O2. The molecule has 3 rings (SSSR count). The fraction of sp³-hybridized carbons (Fsp3) is 0.111. The van der Waals surface area contributed by atoms with Crippen LogP contribution in [0.5, 0.6) is 5.75 Å². The Morgan fingerprint density at radius 3 is 2.77 bits per heavy atom. The molecule has 5 nitrogen and oxygen atoms in total. The highest BCUT2D eigenvalue weighted by Gasteiger charge is 2.13. The molecule has 1 amide bonds. The van der Waals surface area contributed by atoms with Gasteiger partial charge >= 0.3 is 0 Å². The summed E-state index contributed by atoms with van der Waals surface area (Å²) in [5.41, 5.74) is 2.20. The van der Waals surface area contributed by atoms with Crippen molar-refractivity contribution in [3.05, 3.63) is 67.7 Å². The molecule has 0 radical (unpaired) electrons. The van der Waals surface area contributed by atoms with E-state index in [-0.39, 0.29) is 17.3 Å². The van der Waals surface area contributed by atoms with Crippen LogP contribution in [-0.4, -0.2) is 16.0 Å². The van der Waals surface area contributed by atoms with E-state index in [2.05, 4.69) is 31.1 Å². The number of benzene rings is 2. The van der Waals surface area contributed by atoms with Crippen LogP contribution >= 0.6 is 39.1 Å². The molecule has 0 saturated heterocycles. The van der Waals surface area contributed by atoms with Crippen molar-refractivity contribution in [1.29, 1.82) is 0 Å². The van der Waals surface area contributed by atoms with Crippen molar-refractivity contribution in [2.24, 2.45) is 10.2 Å². The number of azo groups is 1. The zero-order valence-electron chi connectivity index (χ0n) is 13.5. The Bertz CT molecular complexity index is 1050. The number of aromatic hydroxyl groups is 1. The van der Waals surface area contributed by atoms with Crippen LogP contribution < -0.4 is 0 Å². The molecule has 0 aliphatic carbocycles. The number of hydrogen-bond acceptors (Lipinski definition) is 4. The van der Waals surface area contributed by atoms with Crippen LogP contribution in [0.25, 0.3) is 10.9 Å². The van der Waals surface area contributed by atoms with Gasteiger partial charge in [0.1, 0.15) is 5.75 Å². The predicted octanol–water partition coefficient (Wildman–Crippen LogP) is 6.11. The summed E-state index contributed by atoms with van der Waals surface area (Å²) in [6, 6.07) is 10.1. The first-order valence-corrected chi connectivity index (χ1v) is 9.05. The number of hydrogen-bond donors (Lipinski definition) is 1. The molecule has 0 bridgehead atoms. The van der Waals surface area contributed by atoms with Gasteiger partial charge in [0.05, 0.1) is 22.6 Å². The smallest absolute Gasteiger partial charge is 0.295 e. The second-order valence-electron chi connectivity index (χ2n) is 5.57. The molecule has 0 saturated carbocycles. The molecule has 1 aromatic heterocycles. The van der Waals surface area contributed by atoms with Gasteiger partial charge in [0.15, 0.2) is 0 Å². The number of rotatable bonds is 3. The van der Waals surface area contributed by atoms with E-state index < -0.39 is 5.91 Å². The second-order valence-corrected chi connectivity index (χ2v) is 7.33. The average Bonchev–Trinajstić information content (AvgIpc) is 2.58. The summed E-state index contributed by atoms with van der Waals surface area (Å²) >= 11 is 15.2. The highest BCUT2D eigenvalue weighted by atomic mass is 79.9. The summed E-state index contributed by atoms with van der Waals surface area (Å²) in [5, 5.41) is 18.7. The summed E-state index contributed by atoms with van der Waals surface area (Å²) in [7, 11) is 0. The molecule has 132 valence electrons. The van der Waals surface area contributed by atoms with Crippen molar-refractivity contribution >= 4 is 55.9 Å². The minimum absolute atomic E-state index is 0.0243. The van der Waals surface area contributed by atoms with Gasteiger partial charge in [-0.3, -0.25) is 9.78 Å². The van der Waals surface area contributed by atoms with Crippen molar-refractivity contribution in [2.45, 2.75) is 13.5 Å². The zero-order valence-corrected chi connectivity index (χ0v) is 16.6. The Labute approximate surface area is 167 Å². The Morgan fingerprint density at radius 2 is 2.00 bits per heavy atom. The van der Waals surface area contributed by atoms with Gasteiger partial charge in [0, 0.05) is 26.1 Å². The number of phenolic OH excluding ortho intramolecular Hbond substituents is 1. The third-order valence-corrected chi connectivity index (χ3v) is 4.64. The number of aromatic nitrogens is 1. The van der Waals surface area contributed by atoms with E-state index in [1.165, 1.54) is 12.1 Å². The largest absolute Gasteiger partial charge is 0.506 e. The van der Waals surface area contributed by atoms with Crippen molar-refractivity contribution < 1.29 is 9.90 Å². The summed E-state index contributed by atoms with van der Waals surface area (Å²) in [5.74, 6) is -0.622. The van der Waals surface area contributed by atoms with Gasteiger partial charge in [0.25, 0.3) is 5.91 Å². The summed E-state index contributed by atoms with van der Waals surface area (Å²) < 4.78 is 0.833. The van der Waals surface area contributed by atoms with E-state index in [1.807, 2.05) is 18.2 Å². The minimum Gasteiger partial charge on any atom is -0.506 e. The molecule has 2 aromatic carbocycles. The summed E-state index contributed by atoms with van der Waals surface area (Å²) in [4.78, 5) is 16.9. The van der Waals surface area contributed by atoms with E-state index in [9.17, 15) is 9.90 Å². The number of amides is 1. The van der Waals surface area contributed by atoms with E-state index in [0.717, 1.165) is 4.47 Å². The van der Waals surface area contributed by atoms with Crippen LogP contribution in [0.15, 0.2) is 51.1 Å². The van der Waals surface area contributed by atoms with Crippen molar-refractivity contribution in [3.8, 4) is 5.75 Å². The van der Waals surface area contributed by atoms with Gasteiger partial charge in [-0.25, -0.2) is 0 Å². The number of carbonyl (C=O) groups excluding carboxylic acids is 1. The van der Waals surface area contributed by atoms with Crippen molar-refractivity contribution in [1.82, 2.24) is 4.98 Å². The van der Waals surface area contributed by atoms with Gasteiger partial charge in [0.2, 0.25) is 0 Å². The van der Waals surface area contributed by atoms with E-state index in [4.69, 9.17) is 23.2 Å². The van der Waals surface area contributed by atoms with Crippen molar-refractivity contribution in [2.75, 3.05) is 0 Å². The molecule has 0 aliphatic heterocycles. The molecule has 26 heavy (non-hydrogen) atoms. The maximum Gasteiger partial charge on any atom is 0.295 e. The quantitative estimate of drug-likeness (QED) is 0.487. The standard InChI is InChI=1S/C18H12BrCl2N3O2/c1-9-4-14(13-6-11(19)2-3-16(13)23-9)18(26)24-22-8-10-5-12(20)7-15(21)17(10)25/h2-7,25H,8H2,1H3. The first-order chi connectivity index (χ1) is 12.3. The fourth-order valence-corrected chi connectivity index (χ4v) is 3.37. The van der Waals surface area contributed by atoms with Gasteiger partial charge in [-0.1, -0.05) is 39.1 Å². The normalized spacial score (nSPS) is 11.4. The van der Waals surface area contributed by atoms with Crippen LogP contribution in [0, 0.1) is 6.92 Å². The van der Waals surface area contributed by atoms with Crippen LogP contribution in [0.2, 0.25) is 10.0 Å². The molecular weight excluding hydrogens is 441 g/mol. The van der Waals surface area contributed by atoms with Crippen LogP contribution in [0.3, 0.4) is 0 Å². The molecule has 0 aliphatic rings. The van der Waals surface area contributed by atoms with Gasteiger partial charge in [-0.15, -0.1) is 5.11 Å². The first-order valence-electron chi connectivity index (χ1n) is 7.51. The minimum atomic E-state index is -0.494. The van der Waals surface area contributed by atoms with Crippen molar-refractivity contribution in [3.63, 3.8) is 0 Å². The highest BCUT2D eigenvalue weighted by Crippen LogP contribution is 2.31. The first kappa shape index (κ1) is 18.8. The molecule has 8 heteroatoms. The lowest BCUT2D eigenvalue weighted by Gasteiger charge is -2.05. The lowest BCUT2D eigenvalue weighted by atomic mass is 10.1. The third kappa shape index (κ3) is 4.03. The monoisotopic (exact) mass is 451 g/mol. The average molecular weight is 453 g/mol. The predicted molar refractivity (Wildman–Crippen MR) is 105 cm³/mol. The Hall–Kier alpha value is -2.02. The molecule has 0 unspecified atom stereocenters. The second kappa shape index (κ2) is 7.70. The van der Waals surface area contributed by atoms with Crippen LogP contribution in [0.4, 0.5) is 0 Å². The van der Waals surface area contributed by atoms with E-state index >= 15 is 0 Å². The SMILES string of the molecule is Cc1cc(C(=O)N=NCc2cc(Cl)cc(Cl)c2O)c2cc(Br)ccc2n1. The topological polar surface area (TPSA) is 74.9 Å². The number of pyridine rings is 1. The molecule has 0 atom stereocenters. The number of phenols is 1. The number of fused-ring (bicyclic) bond motifs is 1. The summed E-state index contributed by atoms with van der Waals surface area (Å²) in [6.07, 6.45) is 0. The number of halogens is 3. The summed E-state index contributed by atoms with van der Waals surface area (Å²) in [6.45, 7) is 1.78. The Balaban J connectivity index is 1.90. The van der Waals surface area contributed by atoms with Gasteiger partial charge in [-0.2, -0.15) is 5.11 Å². The number of nitrogens with zero attached hydrogens (tertiary/aromatic N) is 3. The third-order valence-electron chi connectivity index (χ3n) is 3.64. The van der Waals surface area contributed by atoms with E-state index in [0.29, 0.717) is 32.7 Å². The Kier molecular flexibility index (Phi) is 5.55. The molecule has 1 N–H and O–H groups in total. The zero-order chi connectivity index (χ0) is 18.8. The Morgan fingerprint density at radius 1 is 1.23 bits per heavy atom. The van der Waals surface area contributed by atoms with Crippen LogP contribution in [-0.2, 0) is 6.54 Å². The highest BCUT2D eigenvalue weighted by molar-refractivity contribution is 9.10. The number of carbonyl (C=O) groups is 1. The lowest BCUT2D eigenvalue weighted by molar-refractivity contribution is 0.0994. The molecule has 3 aromatic rings. The van der Waals surface area contributed by atoms with E-state index in [1.54, 1.807) is 13.0 Å². The lowest BCUT2D eigenvalue weighted by Crippen LogP contribution is -1.99. The molecule has 1 heterocycles. The molecule has 0 fully saturated rings. The maximum atomic E-state index is 12.5. The van der Waals surface area contributed by atoms with Gasteiger partial charge in [-0.05, 0) is 43.3 Å².